The normalized spacial score (nSPS) is 11.2. The fourth-order valence-corrected chi connectivity index (χ4v) is 2.10. The number of aromatic nitrogens is 4. The highest BCUT2D eigenvalue weighted by Gasteiger charge is 2.14. The van der Waals surface area contributed by atoms with Crippen LogP contribution in [0, 0.1) is 6.92 Å². The molecule has 0 spiro atoms. The van der Waals surface area contributed by atoms with E-state index in [2.05, 4.69) is 10.1 Å². The zero-order valence-corrected chi connectivity index (χ0v) is 10.3. The van der Waals surface area contributed by atoms with E-state index in [1.807, 2.05) is 42.8 Å². The summed E-state index contributed by atoms with van der Waals surface area (Å²) in [5.74, 6) is 0.723. The molecule has 1 aromatic carbocycles. The maximum Gasteiger partial charge on any atom is 0.179 e. The lowest BCUT2D eigenvalue weighted by Gasteiger charge is -1.99. The first-order valence-corrected chi connectivity index (χ1v) is 5.68. The fourth-order valence-electron chi connectivity index (χ4n) is 1.85. The minimum Gasteiger partial charge on any atom is -0.280 e. The summed E-state index contributed by atoms with van der Waals surface area (Å²) in [4.78, 5) is 4.33. The Labute approximate surface area is 103 Å². The lowest BCUT2D eigenvalue weighted by Crippen LogP contribution is -1.96. The van der Waals surface area contributed by atoms with Crippen LogP contribution in [0.4, 0.5) is 0 Å². The molecule has 0 aliphatic heterocycles. The quantitative estimate of drug-likeness (QED) is 0.662. The molecular weight excluding hydrogens is 236 g/mol. The standard InChI is InChI=1S/C12H11ClN4/c1-8-11(13)12(15-16(8)2)17-7-14-9-5-3-4-6-10(9)17/h3-7H,1-2H3. The molecule has 0 aliphatic rings. The van der Waals surface area contributed by atoms with Crippen molar-refractivity contribution in [3.63, 3.8) is 0 Å². The molecule has 5 heteroatoms. The summed E-state index contributed by atoms with van der Waals surface area (Å²) in [7, 11) is 1.88. The van der Waals surface area contributed by atoms with E-state index in [4.69, 9.17) is 11.6 Å². The second-order valence-corrected chi connectivity index (χ2v) is 4.33. The highest BCUT2D eigenvalue weighted by atomic mass is 35.5. The van der Waals surface area contributed by atoms with Crippen LogP contribution in [0.2, 0.25) is 5.02 Å². The molecule has 0 unspecified atom stereocenters. The molecule has 4 nitrogen and oxygen atoms in total. The van der Waals surface area contributed by atoms with Crippen LogP contribution in [0.1, 0.15) is 5.69 Å². The van der Waals surface area contributed by atoms with Crippen molar-refractivity contribution in [1.82, 2.24) is 19.3 Å². The number of aryl methyl sites for hydroxylation is 1. The van der Waals surface area contributed by atoms with Crippen LogP contribution in [0.25, 0.3) is 16.9 Å². The summed E-state index contributed by atoms with van der Waals surface area (Å²) in [6, 6.07) is 7.91. The first kappa shape index (κ1) is 10.4. The number of imidazole rings is 1. The molecule has 0 fully saturated rings. The average molecular weight is 247 g/mol. The molecule has 0 N–H and O–H groups in total. The highest BCUT2D eigenvalue weighted by molar-refractivity contribution is 6.32. The van der Waals surface area contributed by atoms with Crippen molar-refractivity contribution in [2.24, 2.45) is 7.05 Å². The molecule has 3 rings (SSSR count). The fraction of sp³-hybridized carbons (Fsp3) is 0.167. The monoisotopic (exact) mass is 246 g/mol. The predicted octanol–water partition coefficient (Wildman–Crippen LogP) is 2.72. The molecular formula is C12H11ClN4. The second kappa shape index (κ2) is 3.60. The van der Waals surface area contributed by atoms with E-state index in [-0.39, 0.29) is 0 Å². The number of halogens is 1. The van der Waals surface area contributed by atoms with E-state index >= 15 is 0 Å². The van der Waals surface area contributed by atoms with Crippen LogP contribution < -0.4 is 0 Å². The molecule has 0 saturated carbocycles. The van der Waals surface area contributed by atoms with Gasteiger partial charge in [0.05, 0.1) is 16.7 Å². The van der Waals surface area contributed by atoms with Crippen LogP contribution in [-0.2, 0) is 7.05 Å². The number of hydrogen-bond donors (Lipinski definition) is 0. The van der Waals surface area contributed by atoms with Gasteiger partial charge >= 0.3 is 0 Å². The average Bonchev–Trinajstić information content (AvgIpc) is 2.86. The van der Waals surface area contributed by atoms with E-state index in [1.165, 1.54) is 0 Å². The molecule has 0 saturated heterocycles. The molecule has 0 radical (unpaired) electrons. The van der Waals surface area contributed by atoms with Gasteiger partial charge in [0.1, 0.15) is 11.3 Å². The van der Waals surface area contributed by atoms with E-state index < -0.39 is 0 Å². The van der Waals surface area contributed by atoms with E-state index in [0.29, 0.717) is 5.02 Å². The molecule has 0 amide bonds. The van der Waals surface area contributed by atoms with Crippen molar-refractivity contribution in [2.45, 2.75) is 6.92 Å². The number of para-hydroxylation sites is 2. The van der Waals surface area contributed by atoms with Crippen LogP contribution in [0.15, 0.2) is 30.6 Å². The topological polar surface area (TPSA) is 35.6 Å². The minimum absolute atomic E-state index is 0.663. The number of hydrogen-bond acceptors (Lipinski definition) is 2. The van der Waals surface area contributed by atoms with Gasteiger partial charge in [0.25, 0.3) is 0 Å². The Morgan fingerprint density at radius 3 is 2.71 bits per heavy atom. The zero-order valence-electron chi connectivity index (χ0n) is 9.55. The molecule has 2 aromatic heterocycles. The maximum atomic E-state index is 6.27. The smallest absolute Gasteiger partial charge is 0.179 e. The lowest BCUT2D eigenvalue weighted by atomic mass is 10.3. The van der Waals surface area contributed by atoms with Crippen LogP contribution in [0.3, 0.4) is 0 Å². The molecule has 0 atom stereocenters. The SMILES string of the molecule is Cc1c(Cl)c(-n2cnc3ccccc32)nn1C. The Bertz CT molecular complexity index is 696. The third-order valence-electron chi connectivity index (χ3n) is 2.93. The van der Waals surface area contributed by atoms with Gasteiger partial charge in [-0.3, -0.25) is 9.25 Å². The predicted molar refractivity (Wildman–Crippen MR) is 67.6 cm³/mol. The van der Waals surface area contributed by atoms with Crippen molar-refractivity contribution >= 4 is 22.6 Å². The summed E-state index contributed by atoms with van der Waals surface area (Å²) in [6.45, 7) is 1.94. The van der Waals surface area contributed by atoms with Crippen LogP contribution in [0.5, 0.6) is 0 Å². The van der Waals surface area contributed by atoms with Crippen LogP contribution >= 0.6 is 11.6 Å². The van der Waals surface area contributed by atoms with Gasteiger partial charge in [-0.15, -0.1) is 0 Å². The summed E-state index contributed by atoms with van der Waals surface area (Å²) >= 11 is 6.27. The van der Waals surface area contributed by atoms with Gasteiger partial charge in [-0.05, 0) is 19.1 Å². The van der Waals surface area contributed by atoms with Crippen molar-refractivity contribution in [1.29, 1.82) is 0 Å². The summed E-state index contributed by atoms with van der Waals surface area (Å²) in [5, 5.41) is 5.07. The molecule has 0 bridgehead atoms. The third kappa shape index (κ3) is 1.45. The van der Waals surface area contributed by atoms with Crippen molar-refractivity contribution < 1.29 is 0 Å². The van der Waals surface area contributed by atoms with E-state index in [9.17, 15) is 0 Å². The van der Waals surface area contributed by atoms with Gasteiger partial charge in [-0.1, -0.05) is 23.7 Å². The highest BCUT2D eigenvalue weighted by Crippen LogP contribution is 2.25. The van der Waals surface area contributed by atoms with Gasteiger partial charge in [0, 0.05) is 7.05 Å². The number of benzene rings is 1. The first-order valence-electron chi connectivity index (χ1n) is 5.30. The van der Waals surface area contributed by atoms with Gasteiger partial charge in [-0.25, -0.2) is 4.98 Å². The maximum absolute atomic E-state index is 6.27. The summed E-state index contributed by atoms with van der Waals surface area (Å²) in [6.07, 6.45) is 1.75. The molecule has 17 heavy (non-hydrogen) atoms. The number of rotatable bonds is 1. The van der Waals surface area contributed by atoms with E-state index in [0.717, 1.165) is 22.5 Å². The summed E-state index contributed by atoms with van der Waals surface area (Å²) < 4.78 is 3.68. The first-order chi connectivity index (χ1) is 8.18. The Kier molecular flexibility index (Phi) is 2.19. The Balaban J connectivity index is 2.31. The molecule has 0 aliphatic carbocycles. The summed E-state index contributed by atoms with van der Waals surface area (Å²) in [5.41, 5.74) is 2.89. The molecule has 2 heterocycles. The third-order valence-corrected chi connectivity index (χ3v) is 3.37. The van der Waals surface area contributed by atoms with Gasteiger partial charge in [0.15, 0.2) is 5.82 Å². The van der Waals surface area contributed by atoms with Gasteiger partial charge < -0.3 is 0 Å². The van der Waals surface area contributed by atoms with Gasteiger partial charge in [-0.2, -0.15) is 5.10 Å². The molecule has 86 valence electrons. The Hall–Kier alpha value is -1.81. The van der Waals surface area contributed by atoms with Gasteiger partial charge in [0.2, 0.25) is 0 Å². The second-order valence-electron chi connectivity index (χ2n) is 3.95. The lowest BCUT2D eigenvalue weighted by molar-refractivity contribution is 0.729. The van der Waals surface area contributed by atoms with Crippen molar-refractivity contribution in [2.75, 3.05) is 0 Å². The Morgan fingerprint density at radius 1 is 1.24 bits per heavy atom. The number of fused-ring (bicyclic) bond motifs is 1. The molecule has 3 aromatic rings. The minimum atomic E-state index is 0.663. The zero-order chi connectivity index (χ0) is 12.0. The largest absolute Gasteiger partial charge is 0.280 e. The Morgan fingerprint density at radius 2 is 2.00 bits per heavy atom. The van der Waals surface area contributed by atoms with Crippen molar-refractivity contribution in [3.8, 4) is 5.82 Å². The van der Waals surface area contributed by atoms with Crippen molar-refractivity contribution in [3.05, 3.63) is 41.3 Å². The van der Waals surface area contributed by atoms with E-state index in [1.54, 1.807) is 11.0 Å². The number of nitrogens with zero attached hydrogens (tertiary/aromatic N) is 4. The van der Waals surface area contributed by atoms with Crippen LogP contribution in [-0.4, -0.2) is 19.3 Å².